The Balaban J connectivity index is 2.07. The summed E-state index contributed by atoms with van der Waals surface area (Å²) in [5.41, 5.74) is 2.43. The van der Waals surface area contributed by atoms with E-state index in [0.717, 1.165) is 25.9 Å². The SMILES string of the molecule is Cc1nc(NN)nc(NCCC2CCCO2)c1[N+](=O)[O-]. The van der Waals surface area contributed by atoms with Gasteiger partial charge in [-0.3, -0.25) is 15.5 Å². The summed E-state index contributed by atoms with van der Waals surface area (Å²) in [4.78, 5) is 18.5. The minimum absolute atomic E-state index is 0.128. The molecule has 9 nitrogen and oxygen atoms in total. The number of nitrogens with one attached hydrogen (secondary N) is 2. The Morgan fingerprint density at radius 3 is 2.95 bits per heavy atom. The molecule has 1 aromatic rings. The number of nitro groups is 1. The van der Waals surface area contributed by atoms with Crippen molar-refractivity contribution in [2.24, 2.45) is 5.84 Å². The van der Waals surface area contributed by atoms with Crippen LogP contribution in [-0.2, 0) is 4.74 Å². The molecule has 1 unspecified atom stereocenters. The van der Waals surface area contributed by atoms with Crippen molar-refractivity contribution in [1.82, 2.24) is 9.97 Å². The molecule has 1 atom stereocenters. The molecule has 0 saturated carbocycles. The summed E-state index contributed by atoms with van der Waals surface area (Å²) in [5.74, 6) is 5.57. The molecular weight excluding hydrogens is 264 g/mol. The first-order valence-corrected chi connectivity index (χ1v) is 6.47. The zero-order valence-electron chi connectivity index (χ0n) is 11.3. The van der Waals surface area contributed by atoms with Crippen LogP contribution < -0.4 is 16.6 Å². The van der Waals surface area contributed by atoms with Gasteiger partial charge in [-0.05, 0) is 26.2 Å². The molecule has 2 rings (SSSR count). The van der Waals surface area contributed by atoms with Gasteiger partial charge < -0.3 is 10.1 Å². The number of anilines is 2. The maximum Gasteiger partial charge on any atom is 0.332 e. The van der Waals surface area contributed by atoms with E-state index in [1.54, 1.807) is 6.92 Å². The van der Waals surface area contributed by atoms with Crippen molar-refractivity contribution in [3.8, 4) is 0 Å². The van der Waals surface area contributed by atoms with E-state index in [0.29, 0.717) is 6.54 Å². The number of aromatic nitrogens is 2. The van der Waals surface area contributed by atoms with Gasteiger partial charge in [-0.15, -0.1) is 0 Å². The van der Waals surface area contributed by atoms with E-state index < -0.39 is 4.92 Å². The highest BCUT2D eigenvalue weighted by molar-refractivity contribution is 5.60. The number of ether oxygens (including phenoxy) is 1. The lowest BCUT2D eigenvalue weighted by Crippen LogP contribution is -2.17. The van der Waals surface area contributed by atoms with Gasteiger partial charge in [0.1, 0.15) is 5.69 Å². The van der Waals surface area contributed by atoms with Gasteiger partial charge in [-0.2, -0.15) is 4.98 Å². The zero-order valence-corrected chi connectivity index (χ0v) is 11.3. The third kappa shape index (κ3) is 3.31. The molecular formula is C11H18N6O3. The molecule has 1 aliphatic rings. The number of rotatable bonds is 6. The number of nitrogen functional groups attached to an aromatic ring is 1. The van der Waals surface area contributed by atoms with Crippen LogP contribution in [0.1, 0.15) is 25.0 Å². The van der Waals surface area contributed by atoms with Crippen molar-refractivity contribution < 1.29 is 9.66 Å². The molecule has 2 heterocycles. The molecule has 1 aliphatic heterocycles. The van der Waals surface area contributed by atoms with Crippen LogP contribution in [0.25, 0.3) is 0 Å². The van der Waals surface area contributed by atoms with Gasteiger partial charge in [0.2, 0.25) is 11.8 Å². The van der Waals surface area contributed by atoms with E-state index in [2.05, 4.69) is 20.7 Å². The molecule has 0 amide bonds. The first-order valence-electron chi connectivity index (χ1n) is 6.47. The standard InChI is InChI=1S/C11H18N6O3/c1-7-9(17(18)19)10(15-11(14-7)16-12)13-5-4-8-3-2-6-20-8/h8H,2-6,12H2,1H3,(H2,13,14,15,16). The maximum absolute atomic E-state index is 11.1. The van der Waals surface area contributed by atoms with Crippen molar-refractivity contribution >= 4 is 17.5 Å². The fraction of sp³-hybridized carbons (Fsp3) is 0.636. The second-order valence-corrected chi connectivity index (χ2v) is 4.58. The molecule has 1 saturated heterocycles. The Labute approximate surface area is 116 Å². The van der Waals surface area contributed by atoms with E-state index >= 15 is 0 Å². The third-order valence-electron chi connectivity index (χ3n) is 3.15. The molecule has 0 bridgehead atoms. The Bertz CT molecular complexity index is 489. The van der Waals surface area contributed by atoms with Crippen molar-refractivity contribution in [2.45, 2.75) is 32.3 Å². The summed E-state index contributed by atoms with van der Waals surface area (Å²) in [5, 5.41) is 14.0. The lowest BCUT2D eigenvalue weighted by atomic mass is 10.2. The Morgan fingerprint density at radius 1 is 1.55 bits per heavy atom. The van der Waals surface area contributed by atoms with E-state index in [1.165, 1.54) is 0 Å². The lowest BCUT2D eigenvalue weighted by molar-refractivity contribution is -0.385. The number of hydrogen-bond donors (Lipinski definition) is 3. The molecule has 4 N–H and O–H groups in total. The van der Waals surface area contributed by atoms with Gasteiger partial charge in [-0.25, -0.2) is 10.8 Å². The molecule has 1 aromatic heterocycles. The summed E-state index contributed by atoms with van der Waals surface area (Å²) in [7, 11) is 0. The van der Waals surface area contributed by atoms with Crippen molar-refractivity contribution in [1.29, 1.82) is 0 Å². The minimum Gasteiger partial charge on any atom is -0.378 e. The molecule has 9 heteroatoms. The zero-order chi connectivity index (χ0) is 14.5. The molecule has 110 valence electrons. The number of hydrogen-bond acceptors (Lipinski definition) is 8. The average molecular weight is 282 g/mol. The van der Waals surface area contributed by atoms with Gasteiger partial charge in [0.15, 0.2) is 0 Å². The van der Waals surface area contributed by atoms with E-state index in [4.69, 9.17) is 10.6 Å². The predicted molar refractivity (Wildman–Crippen MR) is 73.3 cm³/mol. The largest absolute Gasteiger partial charge is 0.378 e. The maximum atomic E-state index is 11.1. The van der Waals surface area contributed by atoms with Crippen LogP contribution in [0.4, 0.5) is 17.5 Å². The Hall–Kier alpha value is -2.00. The van der Waals surface area contributed by atoms with E-state index in [1.807, 2.05) is 0 Å². The number of hydrazine groups is 1. The molecule has 0 radical (unpaired) electrons. The monoisotopic (exact) mass is 282 g/mol. The average Bonchev–Trinajstić information content (AvgIpc) is 2.90. The van der Waals surface area contributed by atoms with Gasteiger partial charge in [0.25, 0.3) is 0 Å². The number of nitrogens with two attached hydrogens (primary N) is 1. The second-order valence-electron chi connectivity index (χ2n) is 4.58. The summed E-state index contributed by atoms with van der Waals surface area (Å²) >= 11 is 0. The summed E-state index contributed by atoms with van der Waals surface area (Å²) in [6.45, 7) is 2.89. The highest BCUT2D eigenvalue weighted by Crippen LogP contribution is 2.26. The molecule has 1 fully saturated rings. The van der Waals surface area contributed by atoms with Crippen LogP contribution in [0, 0.1) is 17.0 Å². The molecule has 20 heavy (non-hydrogen) atoms. The minimum atomic E-state index is -0.496. The van der Waals surface area contributed by atoms with Gasteiger partial charge >= 0.3 is 5.69 Å². The number of aryl methyl sites for hydroxylation is 1. The first kappa shape index (κ1) is 14.4. The fourth-order valence-electron chi connectivity index (χ4n) is 2.20. The van der Waals surface area contributed by atoms with Crippen LogP contribution in [-0.4, -0.2) is 34.1 Å². The van der Waals surface area contributed by atoms with Crippen LogP contribution in [0.15, 0.2) is 0 Å². The normalized spacial score (nSPS) is 18.0. The van der Waals surface area contributed by atoms with Crippen molar-refractivity contribution in [3.63, 3.8) is 0 Å². The van der Waals surface area contributed by atoms with Crippen LogP contribution in [0.5, 0.6) is 0 Å². The fourth-order valence-corrected chi connectivity index (χ4v) is 2.20. The smallest absolute Gasteiger partial charge is 0.332 e. The van der Waals surface area contributed by atoms with Gasteiger partial charge in [0.05, 0.1) is 11.0 Å². The predicted octanol–water partition coefficient (Wildman–Crippen LogP) is 0.960. The van der Waals surface area contributed by atoms with Crippen molar-refractivity contribution in [3.05, 3.63) is 15.8 Å². The van der Waals surface area contributed by atoms with Gasteiger partial charge in [-0.1, -0.05) is 0 Å². The van der Waals surface area contributed by atoms with Gasteiger partial charge in [0, 0.05) is 13.2 Å². The topological polar surface area (TPSA) is 128 Å². The van der Waals surface area contributed by atoms with Crippen LogP contribution in [0.2, 0.25) is 0 Å². The molecule has 0 aliphatic carbocycles. The highest BCUT2D eigenvalue weighted by Gasteiger charge is 2.22. The van der Waals surface area contributed by atoms with E-state index in [-0.39, 0.29) is 29.3 Å². The molecule has 0 aromatic carbocycles. The highest BCUT2D eigenvalue weighted by atomic mass is 16.6. The van der Waals surface area contributed by atoms with E-state index in [9.17, 15) is 10.1 Å². The summed E-state index contributed by atoms with van der Waals surface area (Å²) < 4.78 is 5.50. The summed E-state index contributed by atoms with van der Waals surface area (Å²) in [6, 6.07) is 0. The first-order chi connectivity index (χ1) is 9.61. The Kier molecular flexibility index (Phi) is 4.64. The quantitative estimate of drug-likeness (QED) is 0.400. The lowest BCUT2D eigenvalue weighted by Gasteiger charge is -2.12. The Morgan fingerprint density at radius 2 is 2.35 bits per heavy atom. The van der Waals surface area contributed by atoms with Crippen LogP contribution in [0.3, 0.4) is 0 Å². The molecule has 0 spiro atoms. The second kappa shape index (κ2) is 6.44. The third-order valence-corrected chi connectivity index (χ3v) is 3.15. The number of nitrogens with zero attached hydrogens (tertiary/aromatic N) is 3. The summed E-state index contributed by atoms with van der Waals surface area (Å²) in [6.07, 6.45) is 3.10. The van der Waals surface area contributed by atoms with Crippen LogP contribution >= 0.6 is 0 Å². The van der Waals surface area contributed by atoms with Crippen molar-refractivity contribution in [2.75, 3.05) is 23.9 Å².